The zero-order chi connectivity index (χ0) is 12.0. The van der Waals surface area contributed by atoms with Gasteiger partial charge in [-0.3, -0.25) is 0 Å². The summed E-state index contributed by atoms with van der Waals surface area (Å²) in [7, 11) is 0. The van der Waals surface area contributed by atoms with E-state index in [4.69, 9.17) is 5.73 Å². The molecule has 0 fully saturated rings. The number of urea groups is 1. The molecule has 3 rings (SSSR count). The number of likely N-dealkylation sites (N-methyl/N-ethyl adjacent to an activating group) is 1. The van der Waals surface area contributed by atoms with Crippen molar-refractivity contribution in [3.63, 3.8) is 0 Å². The van der Waals surface area contributed by atoms with Crippen LogP contribution >= 0.6 is 0 Å². The fourth-order valence-corrected chi connectivity index (χ4v) is 3.10. The van der Waals surface area contributed by atoms with Crippen LogP contribution in [-0.2, 0) is 12.0 Å². The smallest absolute Gasteiger partial charge is 0.346 e. The van der Waals surface area contributed by atoms with E-state index in [0.29, 0.717) is 12.4 Å². The van der Waals surface area contributed by atoms with E-state index in [0.717, 1.165) is 18.4 Å². The molecule has 0 bridgehead atoms. The van der Waals surface area contributed by atoms with Crippen molar-refractivity contribution >= 4 is 11.9 Å². The van der Waals surface area contributed by atoms with Crippen molar-refractivity contribution in [2.24, 2.45) is 10.7 Å². The largest absolute Gasteiger partial charge is 0.385 e. The fraction of sp³-hybridized carbons (Fsp3) is 0.385. The molecule has 88 valence electrons. The number of aliphatic imine (C=N–C) groups is 1. The van der Waals surface area contributed by atoms with Crippen molar-refractivity contribution < 1.29 is 4.79 Å². The third kappa shape index (κ3) is 1.12. The molecule has 1 aliphatic carbocycles. The Hall–Kier alpha value is -1.84. The van der Waals surface area contributed by atoms with Gasteiger partial charge in [0.15, 0.2) is 0 Å². The van der Waals surface area contributed by atoms with Crippen molar-refractivity contribution in [3.8, 4) is 0 Å². The minimum absolute atomic E-state index is 0.207. The molecule has 1 atom stereocenters. The second-order valence-electron chi connectivity index (χ2n) is 4.54. The maximum absolute atomic E-state index is 11.8. The Kier molecular flexibility index (Phi) is 2.02. The molecule has 4 nitrogen and oxygen atoms in total. The first-order valence-corrected chi connectivity index (χ1v) is 5.95. The number of aryl methyl sites for hydroxylation is 1. The molecule has 1 aromatic carbocycles. The number of nitrogens with zero attached hydrogens (tertiary/aromatic N) is 2. The highest BCUT2D eigenvalue weighted by Gasteiger charge is 2.52. The van der Waals surface area contributed by atoms with Crippen molar-refractivity contribution in [1.82, 2.24) is 4.90 Å². The summed E-state index contributed by atoms with van der Waals surface area (Å²) < 4.78 is 0. The number of amidine groups is 1. The second-order valence-corrected chi connectivity index (χ2v) is 4.54. The van der Waals surface area contributed by atoms with E-state index in [-0.39, 0.29) is 6.03 Å². The van der Waals surface area contributed by atoms with Crippen LogP contribution in [0.1, 0.15) is 24.5 Å². The van der Waals surface area contributed by atoms with E-state index >= 15 is 0 Å². The first-order chi connectivity index (χ1) is 8.20. The standard InChI is InChI=1S/C13H15N3O/c1-2-16-12(17)15-11(14)13(16)8-7-9-5-3-4-6-10(9)13/h3-6H,2,7-8H2,1H3,(H2,14,15,17). The normalized spacial score (nSPS) is 26.5. The number of benzene rings is 1. The lowest BCUT2D eigenvalue weighted by Crippen LogP contribution is -2.49. The Bertz CT molecular complexity index is 523. The molecule has 2 aliphatic rings. The zero-order valence-electron chi connectivity index (χ0n) is 9.81. The van der Waals surface area contributed by atoms with Gasteiger partial charge in [-0.05, 0) is 30.9 Å². The van der Waals surface area contributed by atoms with Gasteiger partial charge in [0.25, 0.3) is 0 Å². The van der Waals surface area contributed by atoms with Gasteiger partial charge >= 0.3 is 6.03 Å². The molecule has 17 heavy (non-hydrogen) atoms. The van der Waals surface area contributed by atoms with Crippen LogP contribution in [0.25, 0.3) is 0 Å². The van der Waals surface area contributed by atoms with E-state index in [9.17, 15) is 4.79 Å². The molecule has 0 aromatic heterocycles. The average molecular weight is 229 g/mol. The predicted molar refractivity (Wildman–Crippen MR) is 65.8 cm³/mol. The predicted octanol–water partition coefficient (Wildman–Crippen LogP) is 1.64. The lowest BCUT2D eigenvalue weighted by molar-refractivity contribution is 0.175. The Labute approximate surface area is 100 Å². The zero-order valence-corrected chi connectivity index (χ0v) is 9.81. The number of rotatable bonds is 1. The SMILES string of the molecule is CCN1C(=O)N=C(N)C12CCc1ccccc12. The van der Waals surface area contributed by atoms with Gasteiger partial charge in [0.1, 0.15) is 11.4 Å². The quantitative estimate of drug-likeness (QED) is 0.795. The number of fused-ring (bicyclic) bond motifs is 2. The number of carbonyl (C=O) groups is 1. The van der Waals surface area contributed by atoms with Crippen LogP contribution < -0.4 is 5.73 Å². The van der Waals surface area contributed by atoms with Crippen LogP contribution in [0.5, 0.6) is 0 Å². The number of hydrogen-bond acceptors (Lipinski definition) is 2. The Morgan fingerprint density at radius 1 is 1.47 bits per heavy atom. The van der Waals surface area contributed by atoms with Gasteiger partial charge < -0.3 is 10.6 Å². The molecule has 1 aromatic rings. The van der Waals surface area contributed by atoms with Crippen LogP contribution in [0, 0.1) is 0 Å². The highest BCUT2D eigenvalue weighted by molar-refractivity contribution is 6.06. The topological polar surface area (TPSA) is 58.7 Å². The highest BCUT2D eigenvalue weighted by atomic mass is 16.2. The number of hydrogen-bond donors (Lipinski definition) is 1. The molecule has 4 heteroatoms. The molecule has 0 radical (unpaired) electrons. The molecule has 0 saturated heterocycles. The summed E-state index contributed by atoms with van der Waals surface area (Å²) in [6, 6.07) is 7.98. The second kappa shape index (κ2) is 3.32. The van der Waals surface area contributed by atoms with E-state index in [1.54, 1.807) is 4.90 Å². The van der Waals surface area contributed by atoms with Gasteiger partial charge in [0.2, 0.25) is 0 Å². The van der Waals surface area contributed by atoms with E-state index in [1.807, 2.05) is 19.1 Å². The van der Waals surface area contributed by atoms with Gasteiger partial charge in [-0.2, -0.15) is 4.99 Å². The van der Waals surface area contributed by atoms with Gasteiger partial charge in [0, 0.05) is 6.54 Å². The molecule has 0 saturated carbocycles. The Morgan fingerprint density at radius 2 is 2.24 bits per heavy atom. The minimum atomic E-state index is -0.470. The van der Waals surface area contributed by atoms with E-state index in [2.05, 4.69) is 17.1 Å². The lowest BCUT2D eigenvalue weighted by atomic mass is 9.89. The van der Waals surface area contributed by atoms with E-state index < -0.39 is 5.54 Å². The van der Waals surface area contributed by atoms with Crippen molar-refractivity contribution in [2.45, 2.75) is 25.3 Å². The van der Waals surface area contributed by atoms with Gasteiger partial charge in [-0.25, -0.2) is 4.79 Å². The van der Waals surface area contributed by atoms with Crippen molar-refractivity contribution in [2.75, 3.05) is 6.54 Å². The molecule has 1 heterocycles. The van der Waals surface area contributed by atoms with Crippen molar-refractivity contribution in [1.29, 1.82) is 0 Å². The van der Waals surface area contributed by atoms with Crippen LogP contribution in [0.15, 0.2) is 29.3 Å². The van der Waals surface area contributed by atoms with Crippen molar-refractivity contribution in [3.05, 3.63) is 35.4 Å². The Balaban J connectivity index is 2.20. The summed E-state index contributed by atoms with van der Waals surface area (Å²) in [5, 5.41) is 0. The third-order valence-electron chi connectivity index (χ3n) is 3.87. The fourth-order valence-electron chi connectivity index (χ4n) is 3.10. The number of carbonyl (C=O) groups excluding carboxylic acids is 1. The van der Waals surface area contributed by atoms with Crippen LogP contribution in [0.4, 0.5) is 4.79 Å². The highest BCUT2D eigenvalue weighted by Crippen LogP contribution is 2.44. The summed E-state index contributed by atoms with van der Waals surface area (Å²) in [6.07, 6.45) is 1.80. The molecular weight excluding hydrogens is 214 g/mol. The first kappa shape index (κ1) is 10.3. The number of amides is 2. The third-order valence-corrected chi connectivity index (χ3v) is 3.87. The van der Waals surface area contributed by atoms with Crippen LogP contribution in [0.3, 0.4) is 0 Å². The molecule has 1 unspecified atom stereocenters. The summed E-state index contributed by atoms with van der Waals surface area (Å²) in [5.41, 5.74) is 7.99. The summed E-state index contributed by atoms with van der Waals surface area (Å²) in [6.45, 7) is 2.60. The molecule has 1 spiro atoms. The van der Waals surface area contributed by atoms with Crippen LogP contribution in [0.2, 0.25) is 0 Å². The minimum Gasteiger partial charge on any atom is -0.385 e. The van der Waals surface area contributed by atoms with Crippen LogP contribution in [-0.4, -0.2) is 23.3 Å². The molecule has 1 aliphatic heterocycles. The maximum atomic E-state index is 11.8. The molecule has 2 N–H and O–H groups in total. The Morgan fingerprint density at radius 3 is 3.00 bits per heavy atom. The first-order valence-electron chi connectivity index (χ1n) is 5.95. The average Bonchev–Trinajstić information content (AvgIpc) is 2.82. The van der Waals surface area contributed by atoms with Gasteiger partial charge in [0.05, 0.1) is 0 Å². The number of nitrogens with two attached hydrogens (primary N) is 1. The van der Waals surface area contributed by atoms with Gasteiger partial charge in [-0.1, -0.05) is 24.3 Å². The maximum Gasteiger partial charge on any atom is 0.346 e. The lowest BCUT2D eigenvalue weighted by Gasteiger charge is -2.34. The van der Waals surface area contributed by atoms with Gasteiger partial charge in [-0.15, -0.1) is 0 Å². The summed E-state index contributed by atoms with van der Waals surface area (Å²) >= 11 is 0. The summed E-state index contributed by atoms with van der Waals surface area (Å²) in [4.78, 5) is 17.6. The molecule has 2 amide bonds. The summed E-state index contributed by atoms with van der Waals surface area (Å²) in [5.74, 6) is 0.453. The monoisotopic (exact) mass is 229 g/mol. The van der Waals surface area contributed by atoms with E-state index in [1.165, 1.54) is 5.56 Å². The molecular formula is C13H15N3O.